The number of amides is 1. The van der Waals surface area contributed by atoms with E-state index >= 15 is 0 Å². The quantitative estimate of drug-likeness (QED) is 0.655. The van der Waals surface area contributed by atoms with Crippen molar-refractivity contribution in [3.8, 4) is 23.1 Å². The number of carbonyl (C=O) groups is 1. The number of anilines is 1. The van der Waals surface area contributed by atoms with Crippen LogP contribution in [-0.2, 0) is 0 Å². The van der Waals surface area contributed by atoms with Crippen molar-refractivity contribution in [1.82, 2.24) is 19.9 Å². The van der Waals surface area contributed by atoms with Crippen LogP contribution in [0.4, 0.5) is 10.2 Å². The number of rotatable bonds is 5. The van der Waals surface area contributed by atoms with Gasteiger partial charge in [0.15, 0.2) is 29.0 Å². The van der Waals surface area contributed by atoms with Gasteiger partial charge in [0.25, 0.3) is 5.91 Å². The van der Waals surface area contributed by atoms with Crippen LogP contribution in [0.2, 0.25) is 0 Å². The first-order chi connectivity index (χ1) is 14.1. The average molecular weight is 395 g/mol. The van der Waals surface area contributed by atoms with Crippen LogP contribution in [0.15, 0.2) is 36.8 Å². The maximum atomic E-state index is 13.2. The van der Waals surface area contributed by atoms with Gasteiger partial charge in [0.1, 0.15) is 5.82 Å². The van der Waals surface area contributed by atoms with Crippen molar-refractivity contribution in [2.24, 2.45) is 0 Å². The summed E-state index contributed by atoms with van der Waals surface area (Å²) < 4.78 is 23.8. The first kappa shape index (κ1) is 18.7. The molecule has 1 aromatic carbocycles. The van der Waals surface area contributed by atoms with Crippen LogP contribution in [0.1, 0.15) is 35.3 Å². The Hall–Kier alpha value is -3.62. The lowest BCUT2D eigenvalue weighted by molar-refractivity contribution is 0.0989. The van der Waals surface area contributed by atoms with Crippen LogP contribution >= 0.6 is 0 Å². The van der Waals surface area contributed by atoms with Crippen LogP contribution in [0.3, 0.4) is 0 Å². The summed E-state index contributed by atoms with van der Waals surface area (Å²) in [6.45, 7) is 1.99. The third-order valence-corrected chi connectivity index (χ3v) is 4.77. The predicted octanol–water partition coefficient (Wildman–Crippen LogP) is 3.20. The molecular weight excluding hydrogens is 377 g/mol. The van der Waals surface area contributed by atoms with E-state index in [1.165, 1.54) is 13.3 Å². The van der Waals surface area contributed by atoms with E-state index in [1.54, 1.807) is 24.1 Å². The zero-order chi connectivity index (χ0) is 20.5. The van der Waals surface area contributed by atoms with Crippen molar-refractivity contribution < 1.29 is 18.7 Å². The molecule has 0 unspecified atom stereocenters. The standard InChI is InChI=1S/C20H18FN5O3/c1-4-14-12-7-15(28-2)16(29-3)8-13(12)20(27)26(14)17-5-6-22-19(25-17)18-23-9-11(21)10-24-18/h5-10,14H,4H2,1-3H3/t14-/m1/s1. The van der Waals surface area contributed by atoms with Gasteiger partial charge in [-0.25, -0.2) is 24.3 Å². The summed E-state index contributed by atoms with van der Waals surface area (Å²) >= 11 is 0. The van der Waals surface area contributed by atoms with Crippen molar-refractivity contribution in [3.63, 3.8) is 0 Å². The van der Waals surface area contributed by atoms with E-state index in [4.69, 9.17) is 9.47 Å². The highest BCUT2D eigenvalue weighted by atomic mass is 19.1. The fourth-order valence-electron chi connectivity index (χ4n) is 3.45. The topological polar surface area (TPSA) is 90.3 Å². The van der Waals surface area contributed by atoms with Gasteiger partial charge in [-0.3, -0.25) is 9.69 Å². The molecule has 3 aromatic rings. The first-order valence-corrected chi connectivity index (χ1v) is 8.97. The lowest BCUT2D eigenvalue weighted by Crippen LogP contribution is -2.28. The number of methoxy groups -OCH3 is 2. The molecule has 3 heterocycles. The number of carbonyl (C=O) groups excluding carboxylic acids is 1. The van der Waals surface area contributed by atoms with Crippen molar-refractivity contribution in [3.05, 3.63) is 53.7 Å². The summed E-state index contributed by atoms with van der Waals surface area (Å²) in [5.74, 6) is 1.09. The van der Waals surface area contributed by atoms with Crippen LogP contribution in [-0.4, -0.2) is 40.1 Å². The van der Waals surface area contributed by atoms with Crippen molar-refractivity contribution >= 4 is 11.7 Å². The summed E-state index contributed by atoms with van der Waals surface area (Å²) in [4.78, 5) is 31.3. The van der Waals surface area contributed by atoms with Crippen LogP contribution < -0.4 is 14.4 Å². The number of aromatic nitrogens is 4. The molecule has 0 fully saturated rings. The van der Waals surface area contributed by atoms with Gasteiger partial charge >= 0.3 is 0 Å². The highest BCUT2D eigenvalue weighted by Crippen LogP contribution is 2.43. The minimum atomic E-state index is -0.552. The molecule has 1 atom stereocenters. The fraction of sp³-hybridized carbons (Fsp3) is 0.250. The van der Waals surface area contributed by atoms with E-state index in [0.29, 0.717) is 29.3 Å². The van der Waals surface area contributed by atoms with Crippen molar-refractivity contribution in [1.29, 1.82) is 0 Å². The summed E-state index contributed by atoms with van der Waals surface area (Å²) in [5.41, 5.74) is 1.38. The van der Waals surface area contributed by atoms with E-state index in [9.17, 15) is 9.18 Å². The highest BCUT2D eigenvalue weighted by molar-refractivity contribution is 6.11. The summed E-state index contributed by atoms with van der Waals surface area (Å²) in [6.07, 6.45) is 4.28. The first-order valence-electron chi connectivity index (χ1n) is 8.97. The number of nitrogens with zero attached hydrogens (tertiary/aromatic N) is 5. The van der Waals surface area contributed by atoms with Gasteiger partial charge in [0.05, 0.1) is 32.7 Å². The van der Waals surface area contributed by atoms with Crippen LogP contribution in [0.25, 0.3) is 11.6 Å². The molecule has 8 nitrogen and oxygen atoms in total. The third kappa shape index (κ3) is 3.14. The van der Waals surface area contributed by atoms with E-state index in [0.717, 1.165) is 18.0 Å². The van der Waals surface area contributed by atoms with Gasteiger partial charge in [-0.05, 0) is 30.2 Å². The molecule has 0 bridgehead atoms. The summed E-state index contributed by atoms with van der Waals surface area (Å²) in [5, 5.41) is 0. The molecule has 0 saturated carbocycles. The normalized spacial score (nSPS) is 15.4. The minimum absolute atomic E-state index is 0.175. The Labute approximate surface area is 166 Å². The van der Waals surface area contributed by atoms with Crippen LogP contribution in [0, 0.1) is 5.82 Å². The Bertz CT molecular complexity index is 1070. The second-order valence-electron chi connectivity index (χ2n) is 6.36. The molecule has 148 valence electrons. The molecule has 0 spiro atoms. The van der Waals surface area contributed by atoms with Crippen molar-refractivity contribution in [2.75, 3.05) is 19.1 Å². The van der Waals surface area contributed by atoms with E-state index in [2.05, 4.69) is 19.9 Å². The number of hydrogen-bond donors (Lipinski definition) is 0. The van der Waals surface area contributed by atoms with Gasteiger partial charge < -0.3 is 9.47 Å². The highest BCUT2D eigenvalue weighted by Gasteiger charge is 2.39. The third-order valence-electron chi connectivity index (χ3n) is 4.77. The number of halogens is 1. The number of ether oxygens (including phenoxy) is 2. The Morgan fingerprint density at radius 3 is 2.41 bits per heavy atom. The number of benzene rings is 1. The molecule has 4 rings (SSSR count). The molecule has 0 aliphatic carbocycles. The van der Waals surface area contributed by atoms with E-state index < -0.39 is 5.82 Å². The number of fused-ring (bicyclic) bond motifs is 1. The smallest absolute Gasteiger partial charge is 0.260 e. The predicted molar refractivity (Wildman–Crippen MR) is 102 cm³/mol. The zero-order valence-corrected chi connectivity index (χ0v) is 16.1. The largest absolute Gasteiger partial charge is 0.493 e. The second-order valence-corrected chi connectivity index (χ2v) is 6.36. The molecule has 0 N–H and O–H groups in total. The Balaban J connectivity index is 1.78. The average Bonchev–Trinajstić information content (AvgIpc) is 3.04. The molecule has 1 aliphatic rings. The molecular formula is C20H18FN5O3. The monoisotopic (exact) mass is 395 g/mol. The summed E-state index contributed by atoms with van der Waals surface area (Å²) in [6, 6.07) is 4.93. The molecule has 2 aromatic heterocycles. The Morgan fingerprint density at radius 2 is 1.76 bits per heavy atom. The molecule has 0 radical (unpaired) electrons. The molecule has 9 heteroatoms. The Morgan fingerprint density at radius 1 is 1.07 bits per heavy atom. The van der Waals surface area contributed by atoms with E-state index in [-0.39, 0.29) is 23.6 Å². The second kappa shape index (κ2) is 7.42. The van der Waals surface area contributed by atoms with Gasteiger partial charge in [-0.15, -0.1) is 0 Å². The molecule has 0 saturated heterocycles. The zero-order valence-electron chi connectivity index (χ0n) is 16.1. The van der Waals surface area contributed by atoms with Gasteiger partial charge in [0.2, 0.25) is 0 Å². The van der Waals surface area contributed by atoms with Gasteiger partial charge in [-0.2, -0.15) is 0 Å². The molecule has 1 amide bonds. The van der Waals surface area contributed by atoms with E-state index in [1.807, 2.05) is 13.0 Å². The van der Waals surface area contributed by atoms with Crippen molar-refractivity contribution in [2.45, 2.75) is 19.4 Å². The van der Waals surface area contributed by atoms with Crippen LogP contribution in [0.5, 0.6) is 11.5 Å². The summed E-state index contributed by atoms with van der Waals surface area (Å²) in [7, 11) is 3.08. The Kier molecular flexibility index (Phi) is 4.79. The SMILES string of the molecule is CC[C@@H]1c2cc(OC)c(OC)cc2C(=O)N1c1ccnc(-c2ncc(F)cn2)n1. The number of hydrogen-bond acceptors (Lipinski definition) is 7. The fourth-order valence-corrected chi connectivity index (χ4v) is 3.45. The molecule has 1 aliphatic heterocycles. The minimum Gasteiger partial charge on any atom is -0.493 e. The maximum absolute atomic E-state index is 13.2. The maximum Gasteiger partial charge on any atom is 0.260 e. The lowest BCUT2D eigenvalue weighted by atomic mass is 10.0. The van der Waals surface area contributed by atoms with Gasteiger partial charge in [-0.1, -0.05) is 6.92 Å². The van der Waals surface area contributed by atoms with Gasteiger partial charge in [0, 0.05) is 11.8 Å². The molecule has 29 heavy (non-hydrogen) atoms. The lowest BCUT2D eigenvalue weighted by Gasteiger charge is -2.23.